The van der Waals surface area contributed by atoms with Crippen LogP contribution in [-0.4, -0.2) is 108 Å². The summed E-state index contributed by atoms with van der Waals surface area (Å²) < 4.78 is 22.1. The predicted molar refractivity (Wildman–Crippen MR) is 128 cm³/mol. The fraction of sp³-hybridized carbons (Fsp3) is 0.583. The molecule has 2 aromatic rings. The number of hydrazine groups is 1. The van der Waals surface area contributed by atoms with Crippen LogP contribution in [0.5, 0.6) is 0 Å². The SMILES string of the molecule is CN1CCN(N2CC(N3CCN(c4ccc(CN)cc4)CC3)OC(c3ncccn3)C2F)CC1. The van der Waals surface area contributed by atoms with E-state index < -0.39 is 12.4 Å². The topological polar surface area (TPSA) is 77.2 Å². The maximum absolute atomic E-state index is 15.8. The number of aromatic nitrogens is 2. The molecule has 9 nitrogen and oxygen atoms in total. The Morgan fingerprint density at radius 2 is 1.65 bits per heavy atom. The molecule has 3 aliphatic heterocycles. The van der Waals surface area contributed by atoms with E-state index in [4.69, 9.17) is 10.5 Å². The van der Waals surface area contributed by atoms with Gasteiger partial charge in [-0.3, -0.25) is 4.90 Å². The summed E-state index contributed by atoms with van der Waals surface area (Å²) in [6.07, 6.45) is 0.946. The number of anilines is 1. The lowest BCUT2D eigenvalue weighted by Gasteiger charge is -2.50. The summed E-state index contributed by atoms with van der Waals surface area (Å²) in [6, 6.07) is 10.2. The summed E-state index contributed by atoms with van der Waals surface area (Å²) >= 11 is 0. The molecule has 0 radical (unpaired) electrons. The highest BCUT2D eigenvalue weighted by Gasteiger charge is 2.44. The maximum atomic E-state index is 15.8. The van der Waals surface area contributed by atoms with Gasteiger partial charge in [0.15, 0.2) is 18.2 Å². The van der Waals surface area contributed by atoms with Crippen molar-refractivity contribution in [3.8, 4) is 0 Å². The molecule has 2 N–H and O–H groups in total. The van der Waals surface area contributed by atoms with Crippen LogP contribution in [0.1, 0.15) is 17.5 Å². The fourth-order valence-electron chi connectivity index (χ4n) is 4.97. The molecular weight excluding hydrogens is 435 g/mol. The largest absolute Gasteiger partial charge is 0.369 e. The molecule has 4 heterocycles. The van der Waals surface area contributed by atoms with Crippen LogP contribution in [0.2, 0.25) is 0 Å². The number of piperazine rings is 2. The van der Waals surface area contributed by atoms with Gasteiger partial charge in [-0.15, -0.1) is 0 Å². The Labute approximate surface area is 200 Å². The first-order valence-electron chi connectivity index (χ1n) is 12.2. The smallest absolute Gasteiger partial charge is 0.200 e. The molecule has 5 rings (SSSR count). The highest BCUT2D eigenvalue weighted by Crippen LogP contribution is 2.33. The summed E-state index contributed by atoms with van der Waals surface area (Å²) in [5.41, 5.74) is 8.08. The van der Waals surface area contributed by atoms with Gasteiger partial charge >= 0.3 is 0 Å². The van der Waals surface area contributed by atoms with Crippen LogP contribution in [0, 0.1) is 0 Å². The van der Waals surface area contributed by atoms with Crippen molar-refractivity contribution >= 4 is 5.69 Å². The van der Waals surface area contributed by atoms with E-state index in [1.54, 1.807) is 18.5 Å². The van der Waals surface area contributed by atoms with Gasteiger partial charge in [0, 0.05) is 77.0 Å². The van der Waals surface area contributed by atoms with E-state index in [2.05, 4.69) is 61.0 Å². The zero-order valence-corrected chi connectivity index (χ0v) is 19.8. The predicted octanol–water partition coefficient (Wildman–Crippen LogP) is 0.915. The lowest BCUT2D eigenvalue weighted by molar-refractivity contribution is -0.265. The molecule has 3 atom stereocenters. The molecule has 3 saturated heterocycles. The molecule has 1 aromatic carbocycles. The van der Waals surface area contributed by atoms with Crippen molar-refractivity contribution in [2.24, 2.45) is 5.73 Å². The highest BCUT2D eigenvalue weighted by molar-refractivity contribution is 5.48. The minimum Gasteiger partial charge on any atom is -0.369 e. The number of nitrogens with two attached hydrogens (primary N) is 1. The first-order chi connectivity index (χ1) is 16.6. The van der Waals surface area contributed by atoms with Crippen molar-refractivity contribution in [2.45, 2.75) is 25.2 Å². The van der Waals surface area contributed by atoms with Gasteiger partial charge in [-0.1, -0.05) is 12.1 Å². The van der Waals surface area contributed by atoms with Crippen molar-refractivity contribution < 1.29 is 9.13 Å². The lowest BCUT2D eigenvalue weighted by atomic mass is 10.1. The molecule has 0 spiro atoms. The van der Waals surface area contributed by atoms with Crippen LogP contribution in [0.4, 0.5) is 10.1 Å². The van der Waals surface area contributed by atoms with E-state index in [0.717, 1.165) is 57.9 Å². The van der Waals surface area contributed by atoms with E-state index in [-0.39, 0.29) is 6.23 Å². The first-order valence-corrected chi connectivity index (χ1v) is 12.2. The fourth-order valence-corrected chi connectivity index (χ4v) is 4.97. The molecule has 3 unspecified atom stereocenters. The number of likely N-dealkylation sites (N-methyl/N-ethyl adjacent to an activating group) is 1. The van der Waals surface area contributed by atoms with E-state index in [0.29, 0.717) is 18.9 Å². The van der Waals surface area contributed by atoms with Crippen LogP contribution in [0.3, 0.4) is 0 Å². The van der Waals surface area contributed by atoms with Crippen LogP contribution in [0.15, 0.2) is 42.7 Å². The Morgan fingerprint density at radius 3 is 2.29 bits per heavy atom. The van der Waals surface area contributed by atoms with Crippen molar-refractivity contribution in [3.05, 3.63) is 54.1 Å². The summed E-state index contributed by atoms with van der Waals surface area (Å²) in [7, 11) is 2.11. The first kappa shape index (κ1) is 23.5. The van der Waals surface area contributed by atoms with Crippen molar-refractivity contribution in [2.75, 3.05) is 70.9 Å². The number of nitrogens with zero attached hydrogens (tertiary/aromatic N) is 7. The van der Waals surface area contributed by atoms with Gasteiger partial charge in [0.2, 0.25) is 0 Å². The Morgan fingerprint density at radius 1 is 0.971 bits per heavy atom. The molecule has 1 aromatic heterocycles. The molecule has 3 fully saturated rings. The molecule has 0 aliphatic carbocycles. The molecule has 0 amide bonds. The average molecular weight is 471 g/mol. The molecule has 10 heteroatoms. The normalized spacial score (nSPS) is 28.3. The zero-order chi connectivity index (χ0) is 23.5. The third kappa shape index (κ3) is 5.07. The van der Waals surface area contributed by atoms with Gasteiger partial charge in [0.1, 0.15) is 6.23 Å². The number of morpholine rings is 1. The number of hydrogen-bond donors (Lipinski definition) is 1. The van der Waals surface area contributed by atoms with Gasteiger partial charge < -0.3 is 20.3 Å². The van der Waals surface area contributed by atoms with Crippen molar-refractivity contribution in [1.82, 2.24) is 29.8 Å². The van der Waals surface area contributed by atoms with Crippen LogP contribution < -0.4 is 10.6 Å². The summed E-state index contributed by atoms with van der Waals surface area (Å²) in [6.45, 7) is 7.98. The molecule has 0 bridgehead atoms. The van der Waals surface area contributed by atoms with Gasteiger partial charge in [-0.2, -0.15) is 0 Å². The zero-order valence-electron chi connectivity index (χ0n) is 19.8. The summed E-state index contributed by atoms with van der Waals surface area (Å²) in [5, 5.41) is 4.01. The van der Waals surface area contributed by atoms with E-state index in [9.17, 15) is 0 Å². The lowest BCUT2D eigenvalue weighted by Crippen LogP contribution is -2.64. The van der Waals surface area contributed by atoms with E-state index in [1.165, 1.54) is 5.69 Å². The third-order valence-electron chi connectivity index (χ3n) is 7.12. The number of benzene rings is 1. The number of alkyl halides is 1. The van der Waals surface area contributed by atoms with Gasteiger partial charge in [0.05, 0.1) is 6.54 Å². The van der Waals surface area contributed by atoms with Gasteiger partial charge in [0.25, 0.3) is 0 Å². The minimum atomic E-state index is -1.32. The summed E-state index contributed by atoms with van der Waals surface area (Å²) in [4.78, 5) is 15.6. The molecule has 34 heavy (non-hydrogen) atoms. The van der Waals surface area contributed by atoms with Crippen molar-refractivity contribution in [1.29, 1.82) is 0 Å². The quantitative estimate of drug-likeness (QED) is 0.642. The Kier molecular flexibility index (Phi) is 7.33. The second-order valence-corrected chi connectivity index (χ2v) is 9.26. The van der Waals surface area contributed by atoms with Crippen molar-refractivity contribution in [3.63, 3.8) is 0 Å². The van der Waals surface area contributed by atoms with Gasteiger partial charge in [-0.25, -0.2) is 24.4 Å². The van der Waals surface area contributed by atoms with Crippen LogP contribution in [-0.2, 0) is 11.3 Å². The Bertz CT molecular complexity index is 903. The third-order valence-corrected chi connectivity index (χ3v) is 7.12. The standard InChI is InChI=1S/C24H35FN8O/c1-29-9-15-32(16-10-29)33-18-21(34-22(23(33)25)24-27-7-2-8-28-24)31-13-11-30(12-14-31)20-5-3-19(17-26)4-6-20/h2-8,21-23H,9-18,26H2,1H3. The highest BCUT2D eigenvalue weighted by atomic mass is 19.1. The minimum absolute atomic E-state index is 0.220. The monoisotopic (exact) mass is 470 g/mol. The van der Waals surface area contributed by atoms with E-state index in [1.807, 2.05) is 5.01 Å². The molecule has 0 saturated carbocycles. The summed E-state index contributed by atoms with van der Waals surface area (Å²) in [5.74, 6) is 0.400. The Balaban J connectivity index is 1.29. The number of ether oxygens (including phenoxy) is 1. The molecule has 3 aliphatic rings. The maximum Gasteiger partial charge on any atom is 0.200 e. The Hall–Kier alpha value is -2.21. The number of rotatable bonds is 5. The average Bonchev–Trinajstić information content (AvgIpc) is 2.90. The van der Waals surface area contributed by atoms with E-state index >= 15 is 4.39 Å². The number of halogens is 1. The second kappa shape index (κ2) is 10.6. The number of hydrogen-bond acceptors (Lipinski definition) is 9. The van der Waals surface area contributed by atoms with Crippen LogP contribution in [0.25, 0.3) is 0 Å². The van der Waals surface area contributed by atoms with Gasteiger partial charge in [-0.05, 0) is 30.8 Å². The van der Waals surface area contributed by atoms with Crippen LogP contribution >= 0.6 is 0 Å². The molecule has 184 valence electrons. The molecular formula is C24H35FN8O. The second-order valence-electron chi connectivity index (χ2n) is 9.26.